The lowest BCUT2D eigenvalue weighted by Gasteiger charge is -2.29. The molecule has 1 aromatic rings. The zero-order valence-corrected chi connectivity index (χ0v) is 15.9. The normalized spacial score (nSPS) is 20.8. The van der Waals surface area contributed by atoms with E-state index in [1.54, 1.807) is 12.1 Å². The molecule has 25 heavy (non-hydrogen) atoms. The Kier molecular flexibility index (Phi) is 8.24. The molecule has 1 aliphatic rings. The second kappa shape index (κ2) is 10.4. The predicted octanol–water partition coefficient (Wildman–Crippen LogP) is 6.97. The third kappa shape index (κ3) is 5.45. The third-order valence-corrected chi connectivity index (χ3v) is 5.18. The van der Waals surface area contributed by atoms with Gasteiger partial charge in [-0.05, 0) is 67.6 Å². The molecule has 138 valence electrons. The van der Waals surface area contributed by atoms with E-state index in [-0.39, 0.29) is 5.82 Å². The van der Waals surface area contributed by atoms with E-state index >= 15 is 0 Å². The van der Waals surface area contributed by atoms with Crippen molar-refractivity contribution < 1.29 is 9.13 Å². The van der Waals surface area contributed by atoms with E-state index in [0.717, 1.165) is 31.2 Å². The van der Waals surface area contributed by atoms with Crippen LogP contribution >= 0.6 is 0 Å². The van der Waals surface area contributed by atoms with Crippen molar-refractivity contribution in [3.8, 4) is 5.75 Å². The summed E-state index contributed by atoms with van der Waals surface area (Å²) in [6.07, 6.45) is 15.3. The lowest BCUT2D eigenvalue weighted by atomic mass is 9.76. The van der Waals surface area contributed by atoms with Gasteiger partial charge in [-0.15, -0.1) is 0 Å². The van der Waals surface area contributed by atoms with Crippen molar-refractivity contribution in [3.05, 3.63) is 53.9 Å². The molecule has 1 aliphatic carbocycles. The van der Waals surface area contributed by atoms with E-state index in [0.29, 0.717) is 24.2 Å². The maximum atomic E-state index is 14.9. The first-order chi connectivity index (χ1) is 12.2. The van der Waals surface area contributed by atoms with Crippen molar-refractivity contribution in [2.75, 3.05) is 6.61 Å². The molecule has 0 aromatic heterocycles. The Morgan fingerprint density at radius 2 is 1.92 bits per heavy atom. The van der Waals surface area contributed by atoms with Crippen LogP contribution in [0.4, 0.5) is 4.39 Å². The van der Waals surface area contributed by atoms with Crippen LogP contribution in [0.3, 0.4) is 0 Å². The molecule has 0 radical (unpaired) electrons. The maximum absolute atomic E-state index is 14.9. The molecule has 1 nitrogen and oxygen atoms in total. The summed E-state index contributed by atoms with van der Waals surface area (Å²) in [6, 6.07) is 3.91. The fourth-order valence-electron chi connectivity index (χ4n) is 3.84. The molecule has 1 saturated carbocycles. The molecule has 0 aliphatic heterocycles. The van der Waals surface area contributed by atoms with Gasteiger partial charge in [-0.2, -0.15) is 0 Å². The molecule has 0 amide bonds. The number of ether oxygens (including phenoxy) is 1. The fourth-order valence-corrected chi connectivity index (χ4v) is 3.84. The van der Waals surface area contributed by atoms with E-state index in [1.165, 1.54) is 31.2 Å². The zero-order chi connectivity index (χ0) is 18.1. The molecule has 0 atom stereocenters. The molecule has 2 heteroatoms. The summed E-state index contributed by atoms with van der Waals surface area (Å²) in [7, 11) is 0. The van der Waals surface area contributed by atoms with Gasteiger partial charge in [0.15, 0.2) is 11.6 Å². The summed E-state index contributed by atoms with van der Waals surface area (Å²) < 4.78 is 20.4. The number of halogens is 1. The summed E-state index contributed by atoms with van der Waals surface area (Å²) in [4.78, 5) is 0. The van der Waals surface area contributed by atoms with Crippen molar-refractivity contribution in [2.24, 2.45) is 5.92 Å². The van der Waals surface area contributed by atoms with Crippen LogP contribution in [-0.4, -0.2) is 6.61 Å². The minimum atomic E-state index is -0.161. The number of hydrogen-bond donors (Lipinski definition) is 0. The summed E-state index contributed by atoms with van der Waals surface area (Å²) in [6.45, 7) is 8.30. The highest BCUT2D eigenvalue weighted by Crippen LogP contribution is 2.40. The molecule has 0 unspecified atom stereocenters. The monoisotopic (exact) mass is 344 g/mol. The Balaban J connectivity index is 2.11. The molecule has 0 heterocycles. The first kappa shape index (κ1) is 19.8. The molecular weight excluding hydrogens is 311 g/mol. The van der Waals surface area contributed by atoms with Crippen LogP contribution in [0.2, 0.25) is 0 Å². The Hall–Kier alpha value is -1.57. The van der Waals surface area contributed by atoms with Crippen LogP contribution in [0.25, 0.3) is 0 Å². The van der Waals surface area contributed by atoms with Gasteiger partial charge in [0.25, 0.3) is 0 Å². The number of hydrogen-bond acceptors (Lipinski definition) is 1. The molecular formula is C23H33FO. The van der Waals surface area contributed by atoms with Gasteiger partial charge in [-0.25, -0.2) is 4.39 Å². The lowest BCUT2D eigenvalue weighted by molar-refractivity contribution is 0.337. The van der Waals surface area contributed by atoms with Crippen molar-refractivity contribution >= 4 is 0 Å². The average molecular weight is 345 g/mol. The van der Waals surface area contributed by atoms with Gasteiger partial charge >= 0.3 is 0 Å². The maximum Gasteiger partial charge on any atom is 0.168 e. The highest BCUT2D eigenvalue weighted by Gasteiger charge is 2.25. The Morgan fingerprint density at radius 3 is 2.56 bits per heavy atom. The SMILES string of the molecule is C=CCOc1ccc(C2CCC(C=CCCC)CC2)c(CCC)c1F. The summed E-state index contributed by atoms with van der Waals surface area (Å²) in [5, 5.41) is 0. The minimum absolute atomic E-state index is 0.161. The first-order valence-electron chi connectivity index (χ1n) is 9.92. The largest absolute Gasteiger partial charge is 0.486 e. The third-order valence-electron chi connectivity index (χ3n) is 5.18. The smallest absolute Gasteiger partial charge is 0.168 e. The topological polar surface area (TPSA) is 9.23 Å². The minimum Gasteiger partial charge on any atom is -0.486 e. The molecule has 0 N–H and O–H groups in total. The van der Waals surface area contributed by atoms with Gasteiger partial charge in [0.1, 0.15) is 6.61 Å². The summed E-state index contributed by atoms with van der Waals surface area (Å²) in [5.74, 6) is 1.40. The number of benzene rings is 1. The molecule has 0 bridgehead atoms. The Labute approximate surface area is 153 Å². The van der Waals surface area contributed by atoms with Crippen molar-refractivity contribution in [3.63, 3.8) is 0 Å². The van der Waals surface area contributed by atoms with Crippen molar-refractivity contribution in [2.45, 2.75) is 71.1 Å². The number of unbranched alkanes of at least 4 members (excludes halogenated alkanes) is 1. The van der Waals surface area contributed by atoms with Crippen LogP contribution in [-0.2, 0) is 6.42 Å². The van der Waals surface area contributed by atoms with Gasteiger partial charge in [0, 0.05) is 0 Å². The zero-order valence-electron chi connectivity index (χ0n) is 15.9. The van der Waals surface area contributed by atoms with Gasteiger partial charge in [-0.3, -0.25) is 0 Å². The Bertz CT molecular complexity index is 568. The van der Waals surface area contributed by atoms with Gasteiger partial charge in [0.05, 0.1) is 0 Å². The average Bonchev–Trinajstić information content (AvgIpc) is 2.63. The van der Waals surface area contributed by atoms with Gasteiger partial charge < -0.3 is 4.74 Å². The highest BCUT2D eigenvalue weighted by molar-refractivity contribution is 5.40. The van der Waals surface area contributed by atoms with E-state index in [1.807, 2.05) is 0 Å². The fraction of sp³-hybridized carbons (Fsp3) is 0.565. The van der Waals surface area contributed by atoms with E-state index in [9.17, 15) is 4.39 Å². The molecule has 0 saturated heterocycles. The second-order valence-corrected chi connectivity index (χ2v) is 7.12. The van der Waals surface area contributed by atoms with Gasteiger partial charge in [0.2, 0.25) is 0 Å². The molecule has 1 aromatic carbocycles. The van der Waals surface area contributed by atoms with Crippen molar-refractivity contribution in [1.29, 1.82) is 0 Å². The van der Waals surface area contributed by atoms with E-state index in [2.05, 4.69) is 38.6 Å². The lowest BCUT2D eigenvalue weighted by Crippen LogP contribution is -2.14. The number of rotatable bonds is 9. The van der Waals surface area contributed by atoms with Crippen LogP contribution in [0.15, 0.2) is 36.9 Å². The van der Waals surface area contributed by atoms with Crippen LogP contribution in [0.5, 0.6) is 5.75 Å². The van der Waals surface area contributed by atoms with E-state index < -0.39 is 0 Å². The number of allylic oxidation sites excluding steroid dienone is 2. The standard InChI is InChI=1S/C23H33FO/c1-4-7-8-10-18-11-13-19(14-12-18)20-15-16-22(25-17-6-3)23(24)21(20)9-5-2/h6,8,10,15-16,18-19H,3-5,7,9,11-14,17H2,1-2H3. The highest BCUT2D eigenvalue weighted by atomic mass is 19.1. The van der Waals surface area contributed by atoms with Gasteiger partial charge in [-0.1, -0.05) is 57.6 Å². The molecule has 0 spiro atoms. The Morgan fingerprint density at radius 1 is 1.16 bits per heavy atom. The quantitative estimate of drug-likeness (QED) is 0.439. The van der Waals surface area contributed by atoms with Crippen LogP contribution in [0, 0.1) is 11.7 Å². The van der Waals surface area contributed by atoms with Crippen LogP contribution in [0.1, 0.15) is 75.8 Å². The predicted molar refractivity (Wildman–Crippen MR) is 105 cm³/mol. The van der Waals surface area contributed by atoms with Crippen molar-refractivity contribution in [1.82, 2.24) is 0 Å². The van der Waals surface area contributed by atoms with Crippen LogP contribution < -0.4 is 4.74 Å². The summed E-state index contributed by atoms with van der Waals surface area (Å²) >= 11 is 0. The first-order valence-corrected chi connectivity index (χ1v) is 9.92. The van der Waals surface area contributed by atoms with E-state index in [4.69, 9.17) is 4.74 Å². The molecule has 1 fully saturated rings. The molecule has 2 rings (SSSR count). The second-order valence-electron chi connectivity index (χ2n) is 7.12. The summed E-state index contributed by atoms with van der Waals surface area (Å²) in [5.41, 5.74) is 2.08.